The average molecular weight is 417 g/mol. The quantitative estimate of drug-likeness (QED) is 0.716. The summed E-state index contributed by atoms with van der Waals surface area (Å²) in [4.78, 5) is -0.143. The first kappa shape index (κ1) is 15.9. The Labute approximate surface area is 138 Å². The molecular weight excluding hydrogens is 409 g/mol. The minimum Gasteiger partial charge on any atom is -0.506 e. The number of benzene rings is 1. The molecule has 0 bridgehead atoms. The fourth-order valence-corrected chi connectivity index (χ4v) is 6.12. The van der Waals surface area contributed by atoms with Crippen molar-refractivity contribution >= 4 is 66.2 Å². The zero-order chi connectivity index (χ0) is 15.1. The van der Waals surface area contributed by atoms with Gasteiger partial charge in [-0.1, -0.05) is 29.3 Å². The predicted octanol–water partition coefficient (Wildman–Crippen LogP) is 4.63. The lowest BCUT2D eigenvalue weighted by Gasteiger charge is -2.10. The molecule has 1 aromatic heterocycles. The number of halogens is 3. The molecule has 0 unspecified atom stereocenters. The Bertz CT molecular complexity index is 774. The van der Waals surface area contributed by atoms with Crippen LogP contribution < -0.4 is 4.72 Å². The van der Waals surface area contributed by atoms with Crippen molar-refractivity contribution in [2.45, 2.75) is 11.8 Å². The summed E-state index contributed by atoms with van der Waals surface area (Å²) >= 11 is 15.8. The van der Waals surface area contributed by atoms with Gasteiger partial charge in [0.25, 0.3) is 10.0 Å². The summed E-state index contributed by atoms with van der Waals surface area (Å²) in [5, 5.41) is 9.69. The summed E-state index contributed by atoms with van der Waals surface area (Å²) in [5.41, 5.74) is 0.879. The number of aryl methyl sites for hydroxylation is 1. The maximum Gasteiger partial charge on any atom is 0.265 e. The minimum atomic E-state index is -3.96. The largest absolute Gasteiger partial charge is 0.506 e. The van der Waals surface area contributed by atoms with Crippen molar-refractivity contribution in [3.63, 3.8) is 0 Å². The van der Waals surface area contributed by atoms with E-state index in [1.807, 2.05) is 0 Å². The van der Waals surface area contributed by atoms with E-state index in [-0.39, 0.29) is 29.5 Å². The fourth-order valence-electron chi connectivity index (χ4n) is 1.50. The lowest BCUT2D eigenvalue weighted by molar-refractivity contribution is 0.477. The van der Waals surface area contributed by atoms with E-state index in [0.29, 0.717) is 0 Å². The van der Waals surface area contributed by atoms with E-state index in [2.05, 4.69) is 20.7 Å². The van der Waals surface area contributed by atoms with Crippen molar-refractivity contribution < 1.29 is 13.5 Å². The molecule has 0 radical (unpaired) electrons. The number of hydrogen-bond acceptors (Lipinski definition) is 4. The predicted molar refractivity (Wildman–Crippen MR) is 85.7 cm³/mol. The molecular formula is C11H8BrCl2NO3S2. The summed E-state index contributed by atoms with van der Waals surface area (Å²) in [6.45, 7) is 1.78. The molecule has 9 heteroatoms. The van der Waals surface area contributed by atoms with Crippen molar-refractivity contribution in [1.82, 2.24) is 0 Å². The Morgan fingerprint density at radius 2 is 1.95 bits per heavy atom. The maximum atomic E-state index is 12.3. The van der Waals surface area contributed by atoms with Crippen molar-refractivity contribution in [2.24, 2.45) is 0 Å². The van der Waals surface area contributed by atoms with Gasteiger partial charge in [-0.3, -0.25) is 4.72 Å². The molecule has 1 aromatic carbocycles. The van der Waals surface area contributed by atoms with Gasteiger partial charge in [0.15, 0.2) is 0 Å². The number of sulfonamides is 1. The van der Waals surface area contributed by atoms with Crippen LogP contribution in [0.25, 0.3) is 0 Å². The standard InChI is InChI=1S/C11H8BrCl2NO3S2/c1-5-2-3-7(16)6(4-5)15-20(17,18)9-8(12)10(13)19-11(9)14/h2-4,15-16H,1H3. The number of phenols is 1. The molecule has 0 saturated carbocycles. The van der Waals surface area contributed by atoms with Crippen molar-refractivity contribution in [1.29, 1.82) is 0 Å². The molecule has 0 aliphatic heterocycles. The van der Waals surface area contributed by atoms with Crippen LogP contribution in [0, 0.1) is 6.92 Å². The summed E-state index contributed by atoms with van der Waals surface area (Å²) in [6, 6.07) is 4.59. The Morgan fingerprint density at radius 3 is 2.50 bits per heavy atom. The van der Waals surface area contributed by atoms with Gasteiger partial charge >= 0.3 is 0 Å². The summed E-state index contributed by atoms with van der Waals surface area (Å²) in [5.74, 6) is -0.173. The van der Waals surface area contributed by atoms with Gasteiger partial charge in [-0.05, 0) is 40.5 Å². The highest BCUT2D eigenvalue weighted by Gasteiger charge is 2.27. The second kappa shape index (κ2) is 5.73. The molecule has 0 aliphatic carbocycles. The van der Waals surface area contributed by atoms with Gasteiger partial charge < -0.3 is 5.11 Å². The third-order valence-corrected chi connectivity index (χ3v) is 7.22. The topological polar surface area (TPSA) is 66.4 Å². The second-order valence-electron chi connectivity index (χ2n) is 3.92. The molecule has 20 heavy (non-hydrogen) atoms. The first-order valence-corrected chi connectivity index (χ1v) is 9.03. The van der Waals surface area contributed by atoms with Crippen LogP contribution >= 0.6 is 50.5 Å². The van der Waals surface area contributed by atoms with Gasteiger partial charge in [0.2, 0.25) is 0 Å². The normalized spacial score (nSPS) is 11.6. The third kappa shape index (κ3) is 3.07. The second-order valence-corrected chi connectivity index (χ2v) is 8.56. The zero-order valence-corrected chi connectivity index (χ0v) is 14.7. The average Bonchev–Trinajstić information content (AvgIpc) is 2.58. The highest BCUT2D eigenvalue weighted by Crippen LogP contribution is 2.43. The molecule has 0 atom stereocenters. The van der Waals surface area contributed by atoms with Gasteiger partial charge in [0.1, 0.15) is 19.3 Å². The number of aromatic hydroxyl groups is 1. The number of anilines is 1. The van der Waals surface area contributed by atoms with E-state index in [9.17, 15) is 13.5 Å². The van der Waals surface area contributed by atoms with Gasteiger partial charge in [-0.2, -0.15) is 0 Å². The molecule has 0 aliphatic rings. The molecule has 1 heterocycles. The first-order valence-electron chi connectivity index (χ1n) is 5.18. The Kier molecular flexibility index (Phi) is 4.56. The van der Waals surface area contributed by atoms with Gasteiger partial charge in [0, 0.05) is 0 Å². The summed E-state index contributed by atoms with van der Waals surface area (Å²) in [7, 11) is -3.96. The molecule has 2 aromatic rings. The van der Waals surface area contributed by atoms with E-state index in [1.165, 1.54) is 12.1 Å². The molecule has 0 saturated heterocycles. The summed E-state index contributed by atoms with van der Waals surface area (Å²) in [6.07, 6.45) is 0. The first-order chi connectivity index (χ1) is 9.22. The van der Waals surface area contributed by atoms with Gasteiger partial charge in [-0.15, -0.1) is 11.3 Å². The van der Waals surface area contributed by atoms with E-state index >= 15 is 0 Å². The number of nitrogens with one attached hydrogen (secondary N) is 1. The van der Waals surface area contributed by atoms with E-state index in [1.54, 1.807) is 13.0 Å². The van der Waals surface area contributed by atoms with Gasteiger partial charge in [0.05, 0.1) is 10.2 Å². The van der Waals surface area contributed by atoms with E-state index < -0.39 is 10.0 Å². The Balaban J connectivity index is 2.49. The number of thiophene rings is 1. The highest BCUT2D eigenvalue weighted by atomic mass is 79.9. The van der Waals surface area contributed by atoms with Crippen LogP contribution in [0.2, 0.25) is 8.67 Å². The molecule has 2 N–H and O–H groups in total. The van der Waals surface area contributed by atoms with Crippen LogP contribution in [0.3, 0.4) is 0 Å². The number of hydrogen-bond donors (Lipinski definition) is 2. The molecule has 2 rings (SSSR count). The fraction of sp³-hybridized carbons (Fsp3) is 0.0909. The van der Waals surface area contributed by atoms with Crippen LogP contribution in [-0.4, -0.2) is 13.5 Å². The van der Waals surface area contributed by atoms with E-state index in [0.717, 1.165) is 16.9 Å². The molecule has 108 valence electrons. The molecule has 0 spiro atoms. The molecule has 0 fully saturated rings. The smallest absolute Gasteiger partial charge is 0.265 e. The SMILES string of the molecule is Cc1ccc(O)c(NS(=O)(=O)c2c(Cl)sc(Cl)c2Br)c1. The Hall–Kier alpha value is -0.470. The van der Waals surface area contributed by atoms with Crippen LogP contribution in [-0.2, 0) is 10.0 Å². The molecule has 0 amide bonds. The zero-order valence-electron chi connectivity index (χ0n) is 9.95. The lowest BCUT2D eigenvalue weighted by Crippen LogP contribution is -2.13. The van der Waals surface area contributed by atoms with Crippen molar-refractivity contribution in [2.75, 3.05) is 4.72 Å². The highest BCUT2D eigenvalue weighted by molar-refractivity contribution is 9.10. The lowest BCUT2D eigenvalue weighted by atomic mass is 10.2. The van der Waals surface area contributed by atoms with Crippen LogP contribution in [0.5, 0.6) is 5.75 Å². The summed E-state index contributed by atoms with van der Waals surface area (Å²) < 4.78 is 27.4. The van der Waals surface area contributed by atoms with Crippen LogP contribution in [0.4, 0.5) is 5.69 Å². The van der Waals surface area contributed by atoms with Crippen LogP contribution in [0.1, 0.15) is 5.56 Å². The Morgan fingerprint density at radius 1 is 1.30 bits per heavy atom. The molecule has 4 nitrogen and oxygen atoms in total. The minimum absolute atomic E-state index is 0.0431. The number of phenolic OH excluding ortho intramolecular Hbond substituents is 1. The van der Waals surface area contributed by atoms with Crippen LogP contribution in [0.15, 0.2) is 27.6 Å². The number of rotatable bonds is 3. The van der Waals surface area contributed by atoms with Crippen molar-refractivity contribution in [3.05, 3.63) is 36.9 Å². The van der Waals surface area contributed by atoms with E-state index in [4.69, 9.17) is 23.2 Å². The maximum absolute atomic E-state index is 12.3. The third-order valence-electron chi connectivity index (χ3n) is 2.39. The van der Waals surface area contributed by atoms with Crippen molar-refractivity contribution in [3.8, 4) is 5.75 Å². The monoisotopic (exact) mass is 415 g/mol. The van der Waals surface area contributed by atoms with Gasteiger partial charge in [-0.25, -0.2) is 8.42 Å².